The molecule has 3 rings (SSSR count). The predicted octanol–water partition coefficient (Wildman–Crippen LogP) is 1.01. The topological polar surface area (TPSA) is 46.2 Å². The van der Waals surface area contributed by atoms with Crippen molar-refractivity contribution in [2.45, 2.75) is 63.9 Å². The van der Waals surface area contributed by atoms with Gasteiger partial charge in [-0.05, 0) is 27.7 Å². The molecule has 5 nitrogen and oxygen atoms in total. The van der Waals surface area contributed by atoms with Gasteiger partial charge in [-0.2, -0.15) is 0 Å². The molecular formula is C11H18O5. The largest absolute Gasteiger partial charge is 0.347 e. The van der Waals surface area contributed by atoms with Gasteiger partial charge in [0.15, 0.2) is 17.9 Å². The van der Waals surface area contributed by atoms with Crippen LogP contribution in [0.15, 0.2) is 0 Å². The van der Waals surface area contributed by atoms with E-state index in [2.05, 4.69) is 0 Å². The predicted molar refractivity (Wildman–Crippen MR) is 53.6 cm³/mol. The van der Waals surface area contributed by atoms with Crippen molar-refractivity contribution >= 4 is 0 Å². The molecule has 0 radical (unpaired) electrons. The first kappa shape index (κ1) is 10.9. The smallest absolute Gasteiger partial charge is 0.189 e. The Morgan fingerprint density at radius 3 is 2.19 bits per heavy atom. The minimum Gasteiger partial charge on any atom is -0.347 e. The normalized spacial score (nSPS) is 48.8. The van der Waals surface area contributed by atoms with Gasteiger partial charge in [0.05, 0.1) is 6.61 Å². The highest BCUT2D eigenvalue weighted by molar-refractivity contribution is 4.95. The van der Waals surface area contributed by atoms with Gasteiger partial charge < -0.3 is 23.7 Å². The van der Waals surface area contributed by atoms with Crippen molar-refractivity contribution in [3.05, 3.63) is 0 Å². The standard InChI is InChI=1S/C11H18O5/c1-10(2)13-6-5-12-9-8(7(6)14-10)15-11(3,4)16-9/h6-9H,5H2,1-4H3/t6-,7?,8+,9?/m0/s1. The van der Waals surface area contributed by atoms with Crippen LogP contribution in [0.5, 0.6) is 0 Å². The van der Waals surface area contributed by atoms with Crippen molar-refractivity contribution in [2.24, 2.45) is 0 Å². The van der Waals surface area contributed by atoms with E-state index in [-0.39, 0.29) is 24.6 Å². The quantitative estimate of drug-likeness (QED) is 0.621. The van der Waals surface area contributed by atoms with Crippen LogP contribution < -0.4 is 0 Å². The van der Waals surface area contributed by atoms with E-state index in [1.165, 1.54) is 0 Å². The first-order chi connectivity index (χ1) is 7.36. The number of rotatable bonds is 0. The van der Waals surface area contributed by atoms with Crippen LogP contribution in [0, 0.1) is 0 Å². The maximum atomic E-state index is 5.85. The Morgan fingerprint density at radius 2 is 1.44 bits per heavy atom. The second-order valence-corrected chi connectivity index (χ2v) is 5.44. The summed E-state index contributed by atoms with van der Waals surface area (Å²) in [6, 6.07) is 0. The van der Waals surface area contributed by atoms with E-state index >= 15 is 0 Å². The van der Waals surface area contributed by atoms with Crippen molar-refractivity contribution in [1.29, 1.82) is 0 Å². The van der Waals surface area contributed by atoms with Crippen LogP contribution in [0.25, 0.3) is 0 Å². The Kier molecular flexibility index (Phi) is 2.17. The fourth-order valence-corrected chi connectivity index (χ4v) is 2.57. The summed E-state index contributed by atoms with van der Waals surface area (Å²) in [6.07, 6.45) is -0.700. The lowest BCUT2D eigenvalue weighted by Crippen LogP contribution is -2.50. The minimum absolute atomic E-state index is 0.0613. The van der Waals surface area contributed by atoms with E-state index in [1.807, 2.05) is 27.7 Å². The fraction of sp³-hybridized carbons (Fsp3) is 1.00. The maximum Gasteiger partial charge on any atom is 0.189 e. The third-order valence-electron chi connectivity index (χ3n) is 3.06. The molecule has 0 N–H and O–H groups in total. The van der Waals surface area contributed by atoms with Gasteiger partial charge in [-0.25, -0.2) is 0 Å². The van der Waals surface area contributed by atoms with Crippen LogP contribution in [-0.4, -0.2) is 42.8 Å². The second kappa shape index (κ2) is 3.17. The van der Waals surface area contributed by atoms with Crippen LogP contribution in [-0.2, 0) is 23.7 Å². The van der Waals surface area contributed by atoms with E-state index in [9.17, 15) is 0 Å². The summed E-state index contributed by atoms with van der Waals surface area (Å²) in [5, 5.41) is 0. The molecule has 0 bridgehead atoms. The van der Waals surface area contributed by atoms with Crippen LogP contribution in [0.4, 0.5) is 0 Å². The molecule has 0 spiro atoms. The Morgan fingerprint density at radius 1 is 0.812 bits per heavy atom. The zero-order valence-electron chi connectivity index (χ0n) is 10.1. The second-order valence-electron chi connectivity index (χ2n) is 5.44. The Labute approximate surface area is 94.9 Å². The van der Waals surface area contributed by atoms with E-state index in [0.717, 1.165) is 0 Å². The zero-order chi connectivity index (χ0) is 11.6. The average Bonchev–Trinajstić information content (AvgIpc) is 2.58. The number of ether oxygens (including phenoxy) is 5. The van der Waals surface area contributed by atoms with Crippen LogP contribution >= 0.6 is 0 Å². The van der Waals surface area contributed by atoms with Gasteiger partial charge in [-0.15, -0.1) is 0 Å². The van der Waals surface area contributed by atoms with Crippen LogP contribution in [0.3, 0.4) is 0 Å². The van der Waals surface area contributed by atoms with Gasteiger partial charge in [-0.3, -0.25) is 0 Å². The highest BCUT2D eigenvalue weighted by Crippen LogP contribution is 2.41. The molecule has 16 heavy (non-hydrogen) atoms. The molecule has 3 saturated heterocycles. The molecule has 5 heteroatoms. The first-order valence-corrected chi connectivity index (χ1v) is 5.69. The number of hydrogen-bond donors (Lipinski definition) is 0. The highest BCUT2D eigenvalue weighted by atomic mass is 16.8. The summed E-state index contributed by atoms with van der Waals surface area (Å²) in [5.41, 5.74) is 0. The lowest BCUT2D eigenvalue weighted by molar-refractivity contribution is -0.205. The summed E-state index contributed by atoms with van der Waals surface area (Å²) >= 11 is 0. The van der Waals surface area contributed by atoms with Gasteiger partial charge in [-0.1, -0.05) is 0 Å². The molecule has 0 amide bonds. The van der Waals surface area contributed by atoms with E-state index < -0.39 is 11.6 Å². The summed E-state index contributed by atoms with van der Waals surface area (Å²) in [4.78, 5) is 0. The molecule has 0 saturated carbocycles. The Balaban J connectivity index is 1.81. The summed E-state index contributed by atoms with van der Waals surface area (Å²) in [7, 11) is 0. The van der Waals surface area contributed by atoms with Crippen LogP contribution in [0.1, 0.15) is 27.7 Å². The molecule has 0 aromatic heterocycles. The zero-order valence-corrected chi connectivity index (χ0v) is 10.1. The first-order valence-electron chi connectivity index (χ1n) is 5.69. The molecule has 3 aliphatic rings. The molecule has 92 valence electrons. The van der Waals surface area contributed by atoms with Gasteiger partial charge in [0.2, 0.25) is 0 Å². The fourth-order valence-electron chi connectivity index (χ4n) is 2.57. The molecule has 0 aromatic carbocycles. The van der Waals surface area contributed by atoms with Gasteiger partial charge >= 0.3 is 0 Å². The monoisotopic (exact) mass is 230 g/mol. The third-order valence-corrected chi connectivity index (χ3v) is 3.06. The minimum atomic E-state index is -0.611. The summed E-state index contributed by atoms with van der Waals surface area (Å²) in [5.74, 6) is -1.18. The molecule has 3 aliphatic heterocycles. The van der Waals surface area contributed by atoms with Crippen molar-refractivity contribution < 1.29 is 23.7 Å². The van der Waals surface area contributed by atoms with Gasteiger partial charge in [0.25, 0.3) is 0 Å². The molecule has 0 aromatic rings. The molecule has 3 fully saturated rings. The van der Waals surface area contributed by atoms with Gasteiger partial charge in [0, 0.05) is 0 Å². The Bertz CT molecular complexity index is 271. The molecule has 0 aliphatic carbocycles. The SMILES string of the molecule is CC1(C)OC2OC[C@@H]3OC(C)(C)OC3[C@H]2O1. The summed E-state index contributed by atoms with van der Waals surface area (Å²) in [6.45, 7) is 8.06. The molecule has 2 unspecified atom stereocenters. The molecular weight excluding hydrogens is 212 g/mol. The van der Waals surface area contributed by atoms with Crippen molar-refractivity contribution in [3.8, 4) is 0 Å². The van der Waals surface area contributed by atoms with Gasteiger partial charge in [0.1, 0.15) is 18.3 Å². The van der Waals surface area contributed by atoms with E-state index in [0.29, 0.717) is 6.61 Å². The Hall–Kier alpha value is -0.200. The van der Waals surface area contributed by atoms with E-state index in [4.69, 9.17) is 23.7 Å². The van der Waals surface area contributed by atoms with Crippen molar-refractivity contribution in [3.63, 3.8) is 0 Å². The highest BCUT2D eigenvalue weighted by Gasteiger charge is 2.57. The average molecular weight is 230 g/mol. The number of fused-ring (bicyclic) bond motifs is 3. The summed E-state index contributed by atoms with van der Waals surface area (Å²) < 4.78 is 28.6. The van der Waals surface area contributed by atoms with E-state index in [1.54, 1.807) is 0 Å². The van der Waals surface area contributed by atoms with Crippen molar-refractivity contribution in [2.75, 3.05) is 6.61 Å². The molecule has 3 heterocycles. The third kappa shape index (κ3) is 1.67. The maximum absolute atomic E-state index is 5.85. The lowest BCUT2D eigenvalue weighted by Gasteiger charge is -2.30. The molecule has 4 atom stereocenters. The lowest BCUT2D eigenvalue weighted by atomic mass is 10.1. The number of hydrogen-bond acceptors (Lipinski definition) is 5. The van der Waals surface area contributed by atoms with Crippen LogP contribution in [0.2, 0.25) is 0 Å². The van der Waals surface area contributed by atoms with Crippen molar-refractivity contribution in [1.82, 2.24) is 0 Å².